The number of pyridine rings is 1. The first-order valence-corrected chi connectivity index (χ1v) is 9.21. The number of alkyl halides is 3. The van der Waals surface area contributed by atoms with Crippen molar-refractivity contribution in [2.75, 3.05) is 7.05 Å². The van der Waals surface area contributed by atoms with Crippen molar-refractivity contribution in [3.05, 3.63) is 74.1 Å². The van der Waals surface area contributed by atoms with Gasteiger partial charge in [0.15, 0.2) is 0 Å². The molecule has 0 radical (unpaired) electrons. The molecule has 0 saturated heterocycles. The zero-order valence-corrected chi connectivity index (χ0v) is 15.9. The number of aromatic amines is 1. The fourth-order valence-corrected chi connectivity index (χ4v) is 3.29. The summed E-state index contributed by atoms with van der Waals surface area (Å²) in [5.41, 5.74) is -1.02. The first-order valence-electron chi connectivity index (χ1n) is 9.21. The maximum absolute atomic E-state index is 12.8. The molecule has 10 heteroatoms. The number of hydrogen-bond acceptors (Lipinski definition) is 4. The van der Waals surface area contributed by atoms with Crippen LogP contribution in [-0.2, 0) is 12.7 Å². The second-order valence-corrected chi connectivity index (χ2v) is 7.31. The van der Waals surface area contributed by atoms with E-state index >= 15 is 0 Å². The van der Waals surface area contributed by atoms with E-state index in [2.05, 4.69) is 9.97 Å². The van der Waals surface area contributed by atoms with Crippen molar-refractivity contribution in [1.29, 1.82) is 0 Å². The van der Waals surface area contributed by atoms with Crippen LogP contribution in [0.25, 0.3) is 11.0 Å². The van der Waals surface area contributed by atoms with Gasteiger partial charge in [-0.3, -0.25) is 19.1 Å². The lowest BCUT2D eigenvalue weighted by molar-refractivity contribution is -0.137. The highest BCUT2D eigenvalue weighted by Crippen LogP contribution is 2.34. The van der Waals surface area contributed by atoms with E-state index < -0.39 is 28.9 Å². The van der Waals surface area contributed by atoms with E-state index in [1.165, 1.54) is 40.9 Å². The number of carbonyl (C=O) groups is 1. The van der Waals surface area contributed by atoms with Crippen molar-refractivity contribution in [2.24, 2.45) is 0 Å². The summed E-state index contributed by atoms with van der Waals surface area (Å²) in [7, 11) is 1.50. The van der Waals surface area contributed by atoms with E-state index in [4.69, 9.17) is 0 Å². The average Bonchev–Trinajstić information content (AvgIpc) is 3.52. The third-order valence-corrected chi connectivity index (χ3v) is 4.99. The molecular weight excluding hydrogens is 401 g/mol. The summed E-state index contributed by atoms with van der Waals surface area (Å²) in [5, 5.41) is 0.135. The van der Waals surface area contributed by atoms with Crippen molar-refractivity contribution >= 4 is 16.9 Å². The Balaban J connectivity index is 1.60. The number of fused-ring (bicyclic) bond motifs is 1. The van der Waals surface area contributed by atoms with Crippen LogP contribution in [0.1, 0.15) is 40.4 Å². The molecule has 2 aromatic heterocycles. The summed E-state index contributed by atoms with van der Waals surface area (Å²) in [6.45, 7) is 0.0763. The van der Waals surface area contributed by atoms with Gasteiger partial charge >= 0.3 is 11.9 Å². The van der Waals surface area contributed by atoms with Crippen molar-refractivity contribution < 1.29 is 18.0 Å². The quantitative estimate of drug-likeness (QED) is 0.706. The van der Waals surface area contributed by atoms with Crippen LogP contribution >= 0.6 is 0 Å². The zero-order valence-electron chi connectivity index (χ0n) is 15.9. The SMILES string of the molecule is CN(Cc1ccc(C(F)(F)F)cc1)C(=O)c1cnc2c(c1)c(=O)[nH]c(=O)n2C1CC1. The first kappa shape index (κ1) is 19.9. The number of H-pyrrole nitrogens is 1. The number of nitrogens with zero attached hydrogens (tertiary/aromatic N) is 3. The predicted octanol–water partition coefficient (Wildman–Crippen LogP) is 2.71. The topological polar surface area (TPSA) is 88.1 Å². The van der Waals surface area contributed by atoms with Gasteiger partial charge in [0.05, 0.1) is 16.5 Å². The van der Waals surface area contributed by atoms with Crippen LogP contribution in [0.4, 0.5) is 13.2 Å². The fourth-order valence-electron chi connectivity index (χ4n) is 3.29. The molecule has 2 heterocycles. The van der Waals surface area contributed by atoms with Gasteiger partial charge in [-0.1, -0.05) is 12.1 Å². The molecule has 0 aliphatic heterocycles. The van der Waals surface area contributed by atoms with Crippen LogP contribution in [-0.4, -0.2) is 32.4 Å². The largest absolute Gasteiger partial charge is 0.416 e. The van der Waals surface area contributed by atoms with Gasteiger partial charge in [0.25, 0.3) is 11.5 Å². The Labute approximate surface area is 167 Å². The van der Waals surface area contributed by atoms with E-state index in [1.54, 1.807) is 0 Å². The number of rotatable bonds is 4. The summed E-state index contributed by atoms with van der Waals surface area (Å²) < 4.78 is 39.5. The van der Waals surface area contributed by atoms with Crippen LogP contribution in [0.3, 0.4) is 0 Å². The number of amides is 1. The van der Waals surface area contributed by atoms with Crippen molar-refractivity contribution in [3.63, 3.8) is 0 Å². The molecule has 0 atom stereocenters. The van der Waals surface area contributed by atoms with Gasteiger partial charge in [0, 0.05) is 25.8 Å². The summed E-state index contributed by atoms with van der Waals surface area (Å²) in [4.78, 5) is 44.8. The van der Waals surface area contributed by atoms with Crippen LogP contribution in [0.5, 0.6) is 0 Å². The molecule has 1 aromatic carbocycles. The molecule has 1 saturated carbocycles. The van der Waals surface area contributed by atoms with Gasteiger partial charge in [-0.2, -0.15) is 13.2 Å². The normalized spacial score (nSPS) is 14.1. The number of carbonyl (C=O) groups excluding carboxylic acids is 1. The van der Waals surface area contributed by atoms with Gasteiger partial charge in [0.2, 0.25) is 0 Å². The Kier molecular flexibility index (Phi) is 4.71. The summed E-state index contributed by atoms with van der Waals surface area (Å²) in [5.74, 6) is -0.451. The van der Waals surface area contributed by atoms with Gasteiger partial charge in [-0.15, -0.1) is 0 Å². The van der Waals surface area contributed by atoms with Gasteiger partial charge in [-0.25, -0.2) is 9.78 Å². The number of benzene rings is 1. The number of nitrogens with one attached hydrogen (secondary N) is 1. The molecule has 1 fully saturated rings. The fraction of sp³-hybridized carbons (Fsp3) is 0.300. The lowest BCUT2D eigenvalue weighted by Crippen LogP contribution is -2.31. The standard InChI is InChI=1S/C20H17F3N4O3/c1-26(10-11-2-4-13(5-3-11)20(21,22)23)18(29)12-8-15-16(24-9-12)27(14-6-7-14)19(30)25-17(15)28/h2-5,8-9,14H,6-7,10H2,1H3,(H,25,28,30). The third kappa shape index (κ3) is 3.72. The van der Waals surface area contributed by atoms with Crippen LogP contribution in [0.2, 0.25) is 0 Å². The molecular formula is C20H17F3N4O3. The molecule has 156 valence electrons. The molecule has 1 amide bonds. The molecule has 7 nitrogen and oxygen atoms in total. The monoisotopic (exact) mass is 418 g/mol. The molecule has 0 spiro atoms. The molecule has 1 aliphatic rings. The maximum atomic E-state index is 12.8. The molecule has 1 N–H and O–H groups in total. The highest BCUT2D eigenvalue weighted by molar-refractivity contribution is 5.96. The number of aromatic nitrogens is 3. The Morgan fingerprint density at radius 1 is 1.23 bits per heavy atom. The second-order valence-electron chi connectivity index (χ2n) is 7.31. The van der Waals surface area contributed by atoms with Gasteiger partial charge in [-0.05, 0) is 36.6 Å². The third-order valence-electron chi connectivity index (χ3n) is 4.99. The van der Waals surface area contributed by atoms with Crippen LogP contribution in [0, 0.1) is 0 Å². The first-order chi connectivity index (χ1) is 14.1. The summed E-state index contributed by atoms with van der Waals surface area (Å²) >= 11 is 0. The predicted molar refractivity (Wildman–Crippen MR) is 102 cm³/mol. The van der Waals surface area contributed by atoms with E-state index in [0.717, 1.165) is 25.0 Å². The maximum Gasteiger partial charge on any atom is 0.416 e. The van der Waals surface area contributed by atoms with Crippen LogP contribution < -0.4 is 11.2 Å². The Morgan fingerprint density at radius 2 is 1.90 bits per heavy atom. The second kappa shape index (κ2) is 7.12. The van der Waals surface area contributed by atoms with E-state index in [0.29, 0.717) is 5.56 Å². The Hall–Kier alpha value is -3.43. The van der Waals surface area contributed by atoms with Gasteiger partial charge < -0.3 is 4.90 Å². The highest BCUT2D eigenvalue weighted by atomic mass is 19.4. The smallest absolute Gasteiger partial charge is 0.337 e. The van der Waals surface area contributed by atoms with Crippen LogP contribution in [0.15, 0.2) is 46.1 Å². The molecule has 30 heavy (non-hydrogen) atoms. The Bertz CT molecular complexity index is 1240. The number of halogens is 3. The van der Waals surface area contributed by atoms with Crippen molar-refractivity contribution in [2.45, 2.75) is 31.6 Å². The molecule has 0 bridgehead atoms. The number of hydrogen-bond donors (Lipinski definition) is 1. The minimum Gasteiger partial charge on any atom is -0.337 e. The lowest BCUT2D eigenvalue weighted by Gasteiger charge is -2.18. The molecule has 3 aromatic rings. The molecule has 0 unspecified atom stereocenters. The summed E-state index contributed by atoms with van der Waals surface area (Å²) in [6.07, 6.45) is -1.49. The Morgan fingerprint density at radius 3 is 2.50 bits per heavy atom. The molecule has 4 rings (SSSR count). The lowest BCUT2D eigenvalue weighted by atomic mass is 10.1. The zero-order chi connectivity index (χ0) is 21.6. The van der Waals surface area contributed by atoms with Crippen molar-refractivity contribution in [1.82, 2.24) is 19.4 Å². The van der Waals surface area contributed by atoms with Crippen molar-refractivity contribution in [3.8, 4) is 0 Å². The van der Waals surface area contributed by atoms with Gasteiger partial charge in [0.1, 0.15) is 5.65 Å². The molecule has 1 aliphatic carbocycles. The highest BCUT2D eigenvalue weighted by Gasteiger charge is 2.30. The average molecular weight is 418 g/mol. The summed E-state index contributed by atoms with van der Waals surface area (Å²) in [6, 6.07) is 5.91. The minimum atomic E-state index is -4.43. The van der Waals surface area contributed by atoms with E-state index in [-0.39, 0.29) is 29.2 Å². The minimum absolute atomic E-state index is 0.00625. The van der Waals surface area contributed by atoms with E-state index in [9.17, 15) is 27.6 Å². The van der Waals surface area contributed by atoms with E-state index in [1.807, 2.05) is 0 Å².